The highest BCUT2D eigenvalue weighted by Gasteiger charge is 2.21. The van der Waals surface area contributed by atoms with Crippen LogP contribution in [0.1, 0.15) is 51.3 Å². The Kier molecular flexibility index (Phi) is 7.30. The number of nitrogens with zero attached hydrogens (tertiary/aromatic N) is 1. The molecule has 0 bridgehead atoms. The van der Waals surface area contributed by atoms with Crippen molar-refractivity contribution in [2.75, 3.05) is 13.2 Å². The first-order valence-electron chi connectivity index (χ1n) is 9.64. The van der Waals surface area contributed by atoms with Crippen molar-refractivity contribution >= 4 is 16.2 Å². The molecule has 6 nitrogen and oxygen atoms in total. The van der Waals surface area contributed by atoms with Gasteiger partial charge in [-0.1, -0.05) is 32.9 Å². The summed E-state index contributed by atoms with van der Waals surface area (Å²) in [6.45, 7) is 12.7. The summed E-state index contributed by atoms with van der Waals surface area (Å²) in [6.07, 6.45) is 1.43. The van der Waals surface area contributed by atoms with Crippen molar-refractivity contribution in [1.82, 2.24) is 4.83 Å². The first-order valence-corrected chi connectivity index (χ1v) is 11.1. The fourth-order valence-corrected chi connectivity index (χ4v) is 3.79. The Morgan fingerprint density at radius 3 is 2.34 bits per heavy atom. The number of hydrogen-bond acceptors (Lipinski definition) is 5. The second kappa shape index (κ2) is 9.31. The van der Waals surface area contributed by atoms with Gasteiger partial charge in [0.05, 0.1) is 24.3 Å². The normalized spacial score (nSPS) is 12.2. The Balaban J connectivity index is 2.28. The molecule has 2 rings (SSSR count). The van der Waals surface area contributed by atoms with E-state index in [1.165, 1.54) is 6.21 Å². The lowest BCUT2D eigenvalue weighted by Crippen LogP contribution is -2.21. The average Bonchev–Trinajstić information content (AvgIpc) is 2.63. The van der Waals surface area contributed by atoms with Gasteiger partial charge in [-0.15, -0.1) is 0 Å². The van der Waals surface area contributed by atoms with E-state index in [-0.39, 0.29) is 10.3 Å². The van der Waals surface area contributed by atoms with E-state index in [0.29, 0.717) is 35.8 Å². The quantitative estimate of drug-likeness (QED) is 0.509. The monoisotopic (exact) mass is 418 g/mol. The highest BCUT2D eigenvalue weighted by molar-refractivity contribution is 7.89. The van der Waals surface area contributed by atoms with Crippen LogP contribution in [0, 0.1) is 6.92 Å². The molecule has 0 amide bonds. The van der Waals surface area contributed by atoms with Crippen molar-refractivity contribution in [3.05, 3.63) is 53.1 Å². The SMILES string of the molecule is CCOc1ccc(/C=N/NS(=O)(=O)c2cc(C(C)(C)C)ccc2C)c(OCC)c1. The number of sulfonamides is 1. The number of benzene rings is 2. The van der Waals surface area contributed by atoms with Crippen molar-refractivity contribution in [3.8, 4) is 11.5 Å². The fourth-order valence-electron chi connectivity index (χ4n) is 2.73. The van der Waals surface area contributed by atoms with Crippen LogP contribution in [0.5, 0.6) is 11.5 Å². The lowest BCUT2D eigenvalue weighted by Gasteiger charge is -2.20. The zero-order valence-electron chi connectivity index (χ0n) is 17.9. The summed E-state index contributed by atoms with van der Waals surface area (Å²) < 4.78 is 36.7. The first kappa shape index (κ1) is 22.7. The molecular weight excluding hydrogens is 388 g/mol. The van der Waals surface area contributed by atoms with E-state index in [2.05, 4.69) is 9.93 Å². The van der Waals surface area contributed by atoms with Gasteiger partial charge in [0.1, 0.15) is 11.5 Å². The molecule has 0 saturated carbocycles. The van der Waals surface area contributed by atoms with Gasteiger partial charge in [0, 0.05) is 11.6 Å². The van der Waals surface area contributed by atoms with Gasteiger partial charge in [-0.05, 0) is 55.5 Å². The number of rotatable bonds is 8. The van der Waals surface area contributed by atoms with Crippen molar-refractivity contribution in [1.29, 1.82) is 0 Å². The third kappa shape index (κ3) is 5.97. The topological polar surface area (TPSA) is 77.0 Å². The molecule has 0 radical (unpaired) electrons. The van der Waals surface area contributed by atoms with Gasteiger partial charge < -0.3 is 9.47 Å². The van der Waals surface area contributed by atoms with E-state index in [4.69, 9.17) is 9.47 Å². The molecular formula is C22H30N2O4S. The van der Waals surface area contributed by atoms with Crippen molar-refractivity contribution in [3.63, 3.8) is 0 Å². The lowest BCUT2D eigenvalue weighted by molar-refractivity contribution is 0.323. The Labute approximate surface area is 174 Å². The van der Waals surface area contributed by atoms with Gasteiger partial charge in [0.15, 0.2) is 0 Å². The number of nitrogens with one attached hydrogen (secondary N) is 1. The molecule has 0 fully saturated rings. The van der Waals surface area contributed by atoms with Crippen molar-refractivity contribution in [2.24, 2.45) is 5.10 Å². The van der Waals surface area contributed by atoms with Gasteiger partial charge in [-0.25, -0.2) is 4.83 Å². The number of hydrogen-bond donors (Lipinski definition) is 1. The van der Waals surface area contributed by atoms with E-state index in [0.717, 1.165) is 5.56 Å². The third-order valence-corrected chi connectivity index (χ3v) is 5.68. The van der Waals surface area contributed by atoms with Gasteiger partial charge in [0.2, 0.25) is 0 Å². The number of aryl methyl sites for hydroxylation is 1. The highest BCUT2D eigenvalue weighted by Crippen LogP contribution is 2.27. The van der Waals surface area contributed by atoms with Crippen LogP contribution in [0.15, 0.2) is 46.4 Å². The Morgan fingerprint density at radius 2 is 1.72 bits per heavy atom. The van der Waals surface area contributed by atoms with Crippen LogP contribution in [0.3, 0.4) is 0 Å². The second-order valence-electron chi connectivity index (χ2n) is 7.65. The molecule has 2 aromatic carbocycles. The molecule has 0 unspecified atom stereocenters. The molecule has 0 aromatic heterocycles. The predicted molar refractivity (Wildman–Crippen MR) is 117 cm³/mol. The van der Waals surface area contributed by atoms with Crippen LogP contribution in [0.4, 0.5) is 0 Å². The maximum atomic E-state index is 12.8. The van der Waals surface area contributed by atoms with Crippen molar-refractivity contribution in [2.45, 2.75) is 51.9 Å². The molecule has 0 heterocycles. The van der Waals surface area contributed by atoms with Gasteiger partial charge in [-0.3, -0.25) is 0 Å². The molecule has 2 aromatic rings. The molecule has 29 heavy (non-hydrogen) atoms. The number of ether oxygens (including phenoxy) is 2. The summed E-state index contributed by atoms with van der Waals surface area (Å²) in [5.41, 5.74) is 2.10. The van der Waals surface area contributed by atoms with E-state index in [9.17, 15) is 8.42 Å². The van der Waals surface area contributed by atoms with Crippen LogP contribution < -0.4 is 14.3 Å². The maximum absolute atomic E-state index is 12.8. The zero-order chi connectivity index (χ0) is 21.7. The predicted octanol–water partition coefficient (Wildman–Crippen LogP) is 4.40. The second-order valence-corrected chi connectivity index (χ2v) is 9.28. The Hall–Kier alpha value is -2.54. The summed E-state index contributed by atoms with van der Waals surface area (Å²) in [5.74, 6) is 1.26. The van der Waals surface area contributed by atoms with Crippen LogP contribution in [0.25, 0.3) is 0 Å². The van der Waals surface area contributed by atoms with Gasteiger partial charge in [-0.2, -0.15) is 13.5 Å². The molecule has 0 aliphatic carbocycles. The standard InChI is InChI=1S/C22H30N2O4S/c1-7-27-19-12-10-17(20(14-19)28-8-2)15-23-24-29(25,26)21-13-18(22(4,5)6)11-9-16(21)3/h9-15,24H,7-8H2,1-6H3/b23-15+. The smallest absolute Gasteiger partial charge is 0.276 e. The summed E-state index contributed by atoms with van der Waals surface area (Å²) in [4.78, 5) is 2.53. The maximum Gasteiger partial charge on any atom is 0.276 e. The highest BCUT2D eigenvalue weighted by atomic mass is 32.2. The molecule has 0 spiro atoms. The average molecular weight is 419 g/mol. The molecule has 158 valence electrons. The number of hydrazone groups is 1. The zero-order valence-corrected chi connectivity index (χ0v) is 18.8. The minimum Gasteiger partial charge on any atom is -0.494 e. The Morgan fingerprint density at radius 1 is 1.03 bits per heavy atom. The summed E-state index contributed by atoms with van der Waals surface area (Å²) in [5, 5.41) is 3.96. The lowest BCUT2D eigenvalue weighted by atomic mass is 9.87. The minimum atomic E-state index is -3.80. The molecule has 1 N–H and O–H groups in total. The molecule has 0 aliphatic rings. The van der Waals surface area contributed by atoms with Crippen LogP contribution >= 0.6 is 0 Å². The summed E-state index contributed by atoms with van der Waals surface area (Å²) >= 11 is 0. The molecule has 0 aliphatic heterocycles. The van der Waals surface area contributed by atoms with E-state index >= 15 is 0 Å². The molecule has 0 atom stereocenters. The minimum absolute atomic E-state index is 0.157. The van der Waals surface area contributed by atoms with Crippen molar-refractivity contribution < 1.29 is 17.9 Å². The van der Waals surface area contributed by atoms with Crippen LogP contribution in [0.2, 0.25) is 0 Å². The van der Waals surface area contributed by atoms with E-state index in [1.807, 2.05) is 46.8 Å². The summed E-state index contributed by atoms with van der Waals surface area (Å²) in [7, 11) is -3.80. The largest absolute Gasteiger partial charge is 0.494 e. The Bertz CT molecular complexity index is 977. The van der Waals surface area contributed by atoms with Crippen LogP contribution in [-0.2, 0) is 15.4 Å². The first-order chi connectivity index (χ1) is 13.6. The van der Waals surface area contributed by atoms with Gasteiger partial charge in [0.25, 0.3) is 10.0 Å². The summed E-state index contributed by atoms with van der Waals surface area (Å²) in [6, 6.07) is 10.8. The molecule has 0 saturated heterocycles. The fraction of sp³-hybridized carbons (Fsp3) is 0.409. The van der Waals surface area contributed by atoms with Crippen LogP contribution in [-0.4, -0.2) is 27.8 Å². The third-order valence-electron chi connectivity index (χ3n) is 4.32. The molecule has 7 heteroatoms. The van der Waals surface area contributed by atoms with E-state index in [1.54, 1.807) is 31.2 Å². The van der Waals surface area contributed by atoms with E-state index < -0.39 is 10.0 Å². The van der Waals surface area contributed by atoms with Gasteiger partial charge >= 0.3 is 0 Å².